The van der Waals surface area contributed by atoms with E-state index >= 15 is 0 Å². The Morgan fingerprint density at radius 3 is 2.55 bits per heavy atom. The molecular weight excluding hydrogens is 284 g/mol. The first kappa shape index (κ1) is 15.5. The molecule has 1 aromatic carbocycles. The third-order valence-corrected chi connectivity index (χ3v) is 3.16. The zero-order chi connectivity index (χ0) is 15.9. The van der Waals surface area contributed by atoms with E-state index in [-0.39, 0.29) is 18.7 Å². The van der Waals surface area contributed by atoms with Gasteiger partial charge in [-0.2, -0.15) is 0 Å². The van der Waals surface area contributed by atoms with Crippen molar-refractivity contribution in [3.8, 4) is 0 Å². The molecule has 1 aromatic heterocycles. The molecule has 0 radical (unpaired) electrons. The third kappa shape index (κ3) is 4.31. The van der Waals surface area contributed by atoms with Crippen LogP contribution in [0.4, 0.5) is 5.69 Å². The molecule has 0 bridgehead atoms. The van der Waals surface area contributed by atoms with Crippen molar-refractivity contribution in [2.75, 3.05) is 5.32 Å². The van der Waals surface area contributed by atoms with Crippen LogP contribution in [0.1, 0.15) is 22.5 Å². The molecule has 2 aromatic rings. The second kappa shape index (κ2) is 7.21. The van der Waals surface area contributed by atoms with E-state index in [1.54, 1.807) is 47.2 Å². The quantitative estimate of drug-likeness (QED) is 0.765. The summed E-state index contributed by atoms with van der Waals surface area (Å²) in [6.45, 7) is 0.421. The summed E-state index contributed by atoms with van der Waals surface area (Å²) in [5, 5.41) is 11.4. The predicted octanol–water partition coefficient (Wildman–Crippen LogP) is 1.96. The van der Waals surface area contributed by atoms with E-state index in [9.17, 15) is 14.4 Å². The number of aromatic nitrogens is 1. The summed E-state index contributed by atoms with van der Waals surface area (Å²) in [7, 11) is 0. The van der Waals surface area contributed by atoms with Gasteiger partial charge >= 0.3 is 5.97 Å². The lowest BCUT2D eigenvalue weighted by Gasteiger charge is -2.07. The number of hydrogen-bond acceptors (Lipinski definition) is 3. The monoisotopic (exact) mass is 300 g/mol. The van der Waals surface area contributed by atoms with E-state index in [4.69, 9.17) is 5.11 Å². The Kier molecular flexibility index (Phi) is 5.08. The van der Waals surface area contributed by atoms with Gasteiger partial charge in [-0.25, -0.2) is 0 Å². The number of aliphatic carboxylic acids is 1. The van der Waals surface area contributed by atoms with Crippen LogP contribution in [0, 0.1) is 0 Å². The number of benzene rings is 1. The fourth-order valence-electron chi connectivity index (χ4n) is 2.06. The molecule has 2 rings (SSSR count). The van der Waals surface area contributed by atoms with Crippen molar-refractivity contribution >= 4 is 23.9 Å². The summed E-state index contributed by atoms with van der Waals surface area (Å²) < 4.78 is 1.71. The zero-order valence-electron chi connectivity index (χ0n) is 11.9. The third-order valence-electron chi connectivity index (χ3n) is 3.16. The van der Waals surface area contributed by atoms with Gasteiger partial charge in [-0.15, -0.1) is 0 Å². The summed E-state index contributed by atoms with van der Waals surface area (Å²) in [6.07, 6.45) is 2.69. The van der Waals surface area contributed by atoms with E-state index in [0.717, 1.165) is 6.29 Å². The number of carboxylic acids is 1. The molecule has 22 heavy (non-hydrogen) atoms. The maximum Gasteiger partial charge on any atom is 0.307 e. The average molecular weight is 300 g/mol. The van der Waals surface area contributed by atoms with Crippen LogP contribution in [-0.2, 0) is 22.6 Å². The normalized spacial score (nSPS) is 10.2. The van der Waals surface area contributed by atoms with E-state index in [2.05, 4.69) is 5.32 Å². The number of aldehydes is 1. The minimum atomic E-state index is -0.894. The summed E-state index contributed by atoms with van der Waals surface area (Å²) in [5.74, 6) is -1.06. The number of carbonyl (C=O) groups excluding carboxylic acids is 2. The number of nitrogens with zero attached hydrogens (tertiary/aromatic N) is 1. The Morgan fingerprint density at radius 2 is 1.91 bits per heavy atom. The van der Waals surface area contributed by atoms with Crippen LogP contribution in [0.25, 0.3) is 0 Å². The first-order chi connectivity index (χ1) is 10.6. The minimum Gasteiger partial charge on any atom is -0.481 e. The average Bonchev–Trinajstić information content (AvgIpc) is 2.94. The van der Waals surface area contributed by atoms with Crippen molar-refractivity contribution in [3.05, 3.63) is 53.9 Å². The Morgan fingerprint density at radius 1 is 1.18 bits per heavy atom. The lowest BCUT2D eigenvalue weighted by Crippen LogP contribution is -2.15. The van der Waals surface area contributed by atoms with Gasteiger partial charge in [-0.1, -0.05) is 12.1 Å². The topological polar surface area (TPSA) is 88.4 Å². The molecular formula is C16H16N2O4. The number of carbonyl (C=O) groups is 3. The second-order valence-electron chi connectivity index (χ2n) is 4.81. The molecule has 1 amide bonds. The number of anilines is 1. The molecule has 114 valence electrons. The fraction of sp³-hybridized carbons (Fsp3) is 0.188. The Hall–Kier alpha value is -2.89. The Labute approximate surface area is 127 Å². The molecule has 2 N–H and O–H groups in total. The van der Waals surface area contributed by atoms with Crippen LogP contribution in [0.15, 0.2) is 42.6 Å². The summed E-state index contributed by atoms with van der Waals surface area (Å²) >= 11 is 0. The van der Waals surface area contributed by atoms with Gasteiger partial charge in [0.15, 0.2) is 6.29 Å². The van der Waals surface area contributed by atoms with Crippen LogP contribution >= 0.6 is 0 Å². The molecule has 6 nitrogen and oxygen atoms in total. The van der Waals surface area contributed by atoms with Crippen molar-refractivity contribution in [1.29, 1.82) is 0 Å². The number of aryl methyl sites for hydroxylation is 1. The molecule has 0 saturated heterocycles. The molecule has 0 aliphatic rings. The smallest absolute Gasteiger partial charge is 0.307 e. The minimum absolute atomic E-state index is 0.0453. The van der Waals surface area contributed by atoms with Gasteiger partial charge in [0.25, 0.3) is 0 Å². The van der Waals surface area contributed by atoms with Crippen molar-refractivity contribution in [2.45, 2.75) is 19.4 Å². The van der Waals surface area contributed by atoms with Gasteiger partial charge in [0.05, 0.1) is 12.1 Å². The van der Waals surface area contributed by atoms with E-state index in [0.29, 0.717) is 23.5 Å². The van der Waals surface area contributed by atoms with Gasteiger partial charge < -0.3 is 15.0 Å². The molecule has 0 fully saturated rings. The number of nitrogens with one attached hydrogen (secondary N) is 1. The van der Waals surface area contributed by atoms with Gasteiger partial charge in [0.1, 0.15) is 0 Å². The van der Waals surface area contributed by atoms with Gasteiger partial charge in [-0.3, -0.25) is 14.4 Å². The highest BCUT2D eigenvalue weighted by Gasteiger charge is 2.06. The highest BCUT2D eigenvalue weighted by atomic mass is 16.4. The molecule has 0 saturated carbocycles. The fourth-order valence-corrected chi connectivity index (χ4v) is 2.06. The van der Waals surface area contributed by atoms with Crippen LogP contribution < -0.4 is 5.32 Å². The summed E-state index contributed by atoms with van der Waals surface area (Å²) in [4.78, 5) is 33.2. The Bertz CT molecular complexity index is 674. The number of carboxylic acid groups (broad SMARTS) is 1. The van der Waals surface area contributed by atoms with Crippen molar-refractivity contribution < 1.29 is 19.5 Å². The van der Waals surface area contributed by atoms with Gasteiger partial charge in [-0.05, 0) is 29.8 Å². The van der Waals surface area contributed by atoms with Crippen LogP contribution in [-0.4, -0.2) is 27.8 Å². The zero-order valence-corrected chi connectivity index (χ0v) is 11.9. The van der Waals surface area contributed by atoms with E-state index in [1.807, 2.05) is 0 Å². The molecule has 0 aliphatic heterocycles. The highest BCUT2D eigenvalue weighted by Crippen LogP contribution is 2.11. The molecule has 6 heteroatoms. The van der Waals surface area contributed by atoms with Crippen molar-refractivity contribution in [1.82, 2.24) is 4.57 Å². The van der Waals surface area contributed by atoms with Crippen molar-refractivity contribution in [2.24, 2.45) is 0 Å². The number of rotatable bonds is 7. The summed E-state index contributed by atoms with van der Waals surface area (Å²) in [6, 6.07) is 10.1. The number of hydrogen-bond donors (Lipinski definition) is 2. The van der Waals surface area contributed by atoms with Crippen LogP contribution in [0.2, 0.25) is 0 Å². The lowest BCUT2D eigenvalue weighted by atomic mass is 10.1. The molecule has 0 unspecified atom stereocenters. The first-order valence-electron chi connectivity index (χ1n) is 6.79. The van der Waals surface area contributed by atoms with Crippen LogP contribution in [0.5, 0.6) is 0 Å². The van der Waals surface area contributed by atoms with E-state index < -0.39 is 5.97 Å². The molecule has 0 aliphatic carbocycles. The largest absolute Gasteiger partial charge is 0.481 e. The SMILES string of the molecule is O=Cc1cccn1CCC(=O)Nc1ccc(CC(=O)O)cc1. The second-order valence-corrected chi connectivity index (χ2v) is 4.81. The Balaban J connectivity index is 1.86. The molecule has 1 heterocycles. The number of amides is 1. The molecule has 0 spiro atoms. The van der Waals surface area contributed by atoms with Gasteiger partial charge in [0.2, 0.25) is 5.91 Å². The van der Waals surface area contributed by atoms with Gasteiger partial charge in [0, 0.05) is 24.8 Å². The van der Waals surface area contributed by atoms with Crippen LogP contribution in [0.3, 0.4) is 0 Å². The standard InChI is InChI=1S/C16H16N2O4/c19-11-14-2-1-8-18(14)9-7-15(20)17-13-5-3-12(4-6-13)10-16(21)22/h1-6,8,11H,7,9-10H2,(H,17,20)(H,21,22). The maximum atomic E-state index is 11.9. The first-order valence-corrected chi connectivity index (χ1v) is 6.79. The maximum absolute atomic E-state index is 11.9. The lowest BCUT2D eigenvalue weighted by molar-refractivity contribution is -0.136. The highest BCUT2D eigenvalue weighted by molar-refractivity contribution is 5.90. The predicted molar refractivity (Wildman–Crippen MR) is 80.8 cm³/mol. The van der Waals surface area contributed by atoms with E-state index in [1.165, 1.54) is 0 Å². The summed E-state index contributed by atoms with van der Waals surface area (Å²) in [5.41, 5.74) is 1.82. The van der Waals surface area contributed by atoms with Crippen molar-refractivity contribution in [3.63, 3.8) is 0 Å². The molecule has 0 atom stereocenters.